The van der Waals surface area contributed by atoms with Crippen LogP contribution < -0.4 is 5.32 Å². The van der Waals surface area contributed by atoms with Crippen LogP contribution in [0.1, 0.15) is 31.4 Å². The van der Waals surface area contributed by atoms with E-state index < -0.39 is 6.10 Å². The van der Waals surface area contributed by atoms with Gasteiger partial charge in [0.25, 0.3) is 0 Å². The Balaban J connectivity index is 1.72. The van der Waals surface area contributed by atoms with Crippen LogP contribution in [0.3, 0.4) is 0 Å². The van der Waals surface area contributed by atoms with Gasteiger partial charge in [0.15, 0.2) is 0 Å². The van der Waals surface area contributed by atoms with Crippen molar-refractivity contribution in [3.05, 3.63) is 35.9 Å². The zero-order valence-electron chi connectivity index (χ0n) is 11.2. The lowest BCUT2D eigenvalue weighted by Gasteiger charge is -2.22. The van der Waals surface area contributed by atoms with Gasteiger partial charge in [0, 0.05) is 19.1 Å². The van der Waals surface area contributed by atoms with E-state index >= 15 is 0 Å². The average molecular weight is 248 g/mol. The lowest BCUT2D eigenvalue weighted by atomic mass is 10.0. The van der Waals surface area contributed by atoms with Crippen LogP contribution in [0.25, 0.3) is 0 Å². The minimum Gasteiger partial charge on any atom is -0.387 e. The summed E-state index contributed by atoms with van der Waals surface area (Å²) in [5, 5.41) is 13.6. The van der Waals surface area contributed by atoms with Crippen molar-refractivity contribution in [2.75, 3.05) is 26.2 Å². The molecule has 18 heavy (non-hydrogen) atoms. The molecule has 100 valence electrons. The highest BCUT2D eigenvalue weighted by Gasteiger charge is 2.16. The molecule has 0 amide bonds. The first-order chi connectivity index (χ1) is 8.77. The molecular weight excluding hydrogens is 224 g/mol. The van der Waals surface area contributed by atoms with Crippen LogP contribution in [0.15, 0.2) is 30.3 Å². The third-order valence-electron chi connectivity index (χ3n) is 3.71. The van der Waals surface area contributed by atoms with Crippen molar-refractivity contribution in [2.45, 2.75) is 31.9 Å². The average Bonchev–Trinajstić information content (AvgIpc) is 2.92. The summed E-state index contributed by atoms with van der Waals surface area (Å²) < 4.78 is 0. The minimum atomic E-state index is -0.426. The number of hydrogen-bond donors (Lipinski definition) is 2. The summed E-state index contributed by atoms with van der Waals surface area (Å²) in [6.45, 7) is 6.55. The zero-order valence-corrected chi connectivity index (χ0v) is 11.2. The van der Waals surface area contributed by atoms with Gasteiger partial charge >= 0.3 is 0 Å². The maximum Gasteiger partial charge on any atom is 0.0940 e. The highest BCUT2D eigenvalue weighted by molar-refractivity contribution is 5.18. The maximum atomic E-state index is 10.2. The highest BCUT2D eigenvalue weighted by atomic mass is 16.3. The number of aliphatic hydroxyl groups is 1. The molecule has 2 rings (SSSR count). The van der Waals surface area contributed by atoms with Crippen molar-refractivity contribution in [1.29, 1.82) is 0 Å². The van der Waals surface area contributed by atoms with E-state index in [1.54, 1.807) is 0 Å². The van der Waals surface area contributed by atoms with Gasteiger partial charge < -0.3 is 15.3 Å². The number of aliphatic hydroxyl groups excluding tert-OH is 1. The van der Waals surface area contributed by atoms with Crippen LogP contribution in [0, 0.1) is 0 Å². The summed E-state index contributed by atoms with van der Waals surface area (Å²) in [5.74, 6) is 0. The first-order valence-corrected chi connectivity index (χ1v) is 6.96. The molecule has 2 unspecified atom stereocenters. The quantitative estimate of drug-likeness (QED) is 0.806. The zero-order chi connectivity index (χ0) is 12.8. The molecule has 1 saturated heterocycles. The lowest BCUT2D eigenvalue weighted by Crippen LogP contribution is -2.37. The number of rotatable bonds is 6. The Labute approximate surface area is 110 Å². The van der Waals surface area contributed by atoms with E-state index in [2.05, 4.69) is 10.2 Å². The van der Waals surface area contributed by atoms with Crippen LogP contribution in [-0.2, 0) is 0 Å². The van der Waals surface area contributed by atoms with Gasteiger partial charge in [-0.05, 0) is 38.4 Å². The Kier molecular flexibility index (Phi) is 5.17. The summed E-state index contributed by atoms with van der Waals surface area (Å²) in [7, 11) is 0. The van der Waals surface area contributed by atoms with Gasteiger partial charge in [-0.2, -0.15) is 0 Å². The molecule has 0 aromatic heterocycles. The summed E-state index contributed by atoms with van der Waals surface area (Å²) in [6, 6.07) is 9.95. The first-order valence-electron chi connectivity index (χ1n) is 6.96. The van der Waals surface area contributed by atoms with Crippen LogP contribution in [-0.4, -0.2) is 42.2 Å². The van der Waals surface area contributed by atoms with Crippen molar-refractivity contribution in [3.8, 4) is 0 Å². The number of nitrogens with zero attached hydrogens (tertiary/aromatic N) is 1. The van der Waals surface area contributed by atoms with E-state index in [-0.39, 0.29) is 6.04 Å². The van der Waals surface area contributed by atoms with Gasteiger partial charge in [-0.25, -0.2) is 0 Å². The summed E-state index contributed by atoms with van der Waals surface area (Å²) >= 11 is 0. The number of likely N-dealkylation sites (tertiary alicyclic amines) is 1. The molecule has 0 bridgehead atoms. The molecule has 1 aromatic rings. The minimum absolute atomic E-state index is 0.0926. The third-order valence-corrected chi connectivity index (χ3v) is 3.71. The molecule has 3 heteroatoms. The molecule has 1 aliphatic rings. The Morgan fingerprint density at radius 2 is 1.89 bits per heavy atom. The molecule has 3 nitrogen and oxygen atoms in total. The van der Waals surface area contributed by atoms with E-state index in [4.69, 9.17) is 0 Å². The summed E-state index contributed by atoms with van der Waals surface area (Å²) in [4.78, 5) is 2.48. The molecule has 1 fully saturated rings. The van der Waals surface area contributed by atoms with Crippen molar-refractivity contribution >= 4 is 0 Å². The van der Waals surface area contributed by atoms with Gasteiger partial charge in [-0.15, -0.1) is 0 Å². The fourth-order valence-corrected chi connectivity index (χ4v) is 2.51. The molecule has 0 radical (unpaired) electrons. The standard InChI is InChI=1S/C15H24N2O/c1-13(15(18)14-7-3-2-4-8-14)16-9-12-17-10-5-6-11-17/h2-4,7-8,13,15-16,18H,5-6,9-12H2,1H3. The summed E-state index contributed by atoms with van der Waals surface area (Å²) in [6.07, 6.45) is 2.24. The topological polar surface area (TPSA) is 35.5 Å². The SMILES string of the molecule is CC(NCCN1CCCC1)C(O)c1ccccc1. The second-order valence-corrected chi connectivity index (χ2v) is 5.15. The molecule has 0 aliphatic carbocycles. The smallest absolute Gasteiger partial charge is 0.0940 e. The molecular formula is C15H24N2O. The van der Waals surface area contributed by atoms with Gasteiger partial charge in [0.1, 0.15) is 0 Å². The van der Waals surface area contributed by atoms with Crippen molar-refractivity contribution < 1.29 is 5.11 Å². The van der Waals surface area contributed by atoms with Crippen molar-refractivity contribution in [2.24, 2.45) is 0 Å². The Morgan fingerprint density at radius 1 is 1.22 bits per heavy atom. The van der Waals surface area contributed by atoms with E-state index in [1.807, 2.05) is 37.3 Å². The van der Waals surface area contributed by atoms with Gasteiger partial charge in [0.2, 0.25) is 0 Å². The largest absolute Gasteiger partial charge is 0.387 e. The van der Waals surface area contributed by atoms with Crippen molar-refractivity contribution in [1.82, 2.24) is 10.2 Å². The molecule has 0 saturated carbocycles. The van der Waals surface area contributed by atoms with Crippen LogP contribution >= 0.6 is 0 Å². The third kappa shape index (κ3) is 3.80. The number of benzene rings is 1. The molecule has 1 heterocycles. The number of nitrogens with one attached hydrogen (secondary N) is 1. The fourth-order valence-electron chi connectivity index (χ4n) is 2.51. The van der Waals surface area contributed by atoms with Crippen molar-refractivity contribution in [3.63, 3.8) is 0 Å². The van der Waals surface area contributed by atoms with Gasteiger partial charge in [0.05, 0.1) is 6.10 Å². The molecule has 2 atom stereocenters. The van der Waals surface area contributed by atoms with Crippen LogP contribution in [0.5, 0.6) is 0 Å². The predicted molar refractivity (Wildman–Crippen MR) is 74.5 cm³/mol. The van der Waals surface area contributed by atoms with Gasteiger partial charge in [-0.3, -0.25) is 0 Å². The normalized spacial score (nSPS) is 19.9. The highest BCUT2D eigenvalue weighted by Crippen LogP contribution is 2.15. The van der Waals surface area contributed by atoms with E-state index in [0.717, 1.165) is 18.7 Å². The molecule has 0 spiro atoms. The molecule has 1 aromatic carbocycles. The predicted octanol–water partition coefficient (Wildman–Crippen LogP) is 1.79. The second-order valence-electron chi connectivity index (χ2n) is 5.15. The van der Waals surface area contributed by atoms with Gasteiger partial charge in [-0.1, -0.05) is 30.3 Å². The monoisotopic (exact) mass is 248 g/mol. The summed E-state index contributed by atoms with van der Waals surface area (Å²) in [5.41, 5.74) is 0.985. The fraction of sp³-hybridized carbons (Fsp3) is 0.600. The Morgan fingerprint density at radius 3 is 2.56 bits per heavy atom. The van der Waals surface area contributed by atoms with Crippen LogP contribution in [0.4, 0.5) is 0 Å². The lowest BCUT2D eigenvalue weighted by molar-refractivity contribution is 0.134. The first kappa shape index (κ1) is 13.5. The molecule has 1 aliphatic heterocycles. The maximum absolute atomic E-state index is 10.2. The van der Waals surface area contributed by atoms with E-state index in [1.165, 1.54) is 25.9 Å². The van der Waals surface area contributed by atoms with E-state index in [9.17, 15) is 5.11 Å². The number of hydrogen-bond acceptors (Lipinski definition) is 3. The second kappa shape index (κ2) is 6.88. The Bertz CT molecular complexity index is 336. The molecule has 2 N–H and O–H groups in total. The van der Waals surface area contributed by atoms with Crippen LogP contribution in [0.2, 0.25) is 0 Å². The Hall–Kier alpha value is -0.900. The van der Waals surface area contributed by atoms with E-state index in [0.29, 0.717) is 0 Å².